The summed E-state index contributed by atoms with van der Waals surface area (Å²) in [6.07, 6.45) is 0. The zero-order chi connectivity index (χ0) is 11.7. The lowest BCUT2D eigenvalue weighted by atomic mass is 10.0. The van der Waals surface area contributed by atoms with Crippen molar-refractivity contribution >= 4 is 50.3 Å². The Hall–Kier alpha value is -0.840. The summed E-state index contributed by atoms with van der Waals surface area (Å²) < 4.78 is 0.789. The van der Waals surface area contributed by atoms with Gasteiger partial charge in [0.15, 0.2) is 5.78 Å². The minimum absolute atomic E-state index is 0.0951. The topological polar surface area (TPSA) is 43.1 Å². The van der Waals surface area contributed by atoms with E-state index in [0.29, 0.717) is 21.8 Å². The average molecular weight is 317 g/mol. The number of ketones is 1. The summed E-state index contributed by atoms with van der Waals surface area (Å²) in [7, 11) is 0. The lowest BCUT2D eigenvalue weighted by Gasteiger charge is -2.04. The van der Waals surface area contributed by atoms with E-state index in [0.717, 1.165) is 4.47 Å². The van der Waals surface area contributed by atoms with Crippen LogP contribution in [0.1, 0.15) is 15.9 Å². The Morgan fingerprint density at radius 1 is 1.31 bits per heavy atom. The van der Waals surface area contributed by atoms with Crippen molar-refractivity contribution in [2.45, 2.75) is 0 Å². The highest BCUT2D eigenvalue weighted by Crippen LogP contribution is 2.27. The number of nitrogens with two attached hydrogens (primary N) is 1. The molecule has 0 fully saturated rings. The normalized spacial score (nSPS) is 10.4. The Labute approximate surface area is 110 Å². The molecule has 1 aromatic carbocycles. The van der Waals surface area contributed by atoms with E-state index >= 15 is 0 Å². The number of rotatable bonds is 2. The number of carbonyl (C=O) groups is 1. The molecule has 0 radical (unpaired) electrons. The number of hydrogen-bond donors (Lipinski definition) is 1. The minimum atomic E-state index is -0.0951. The second-order valence-corrected chi connectivity index (χ2v) is 5.23. The van der Waals surface area contributed by atoms with Crippen molar-refractivity contribution in [1.82, 2.24) is 0 Å². The quantitative estimate of drug-likeness (QED) is 0.673. The molecular formula is C11H7BrClNOS. The van der Waals surface area contributed by atoms with Gasteiger partial charge in [0.2, 0.25) is 0 Å². The number of benzene rings is 1. The molecule has 0 atom stereocenters. The summed E-state index contributed by atoms with van der Waals surface area (Å²) in [5, 5.41) is 4.18. The molecule has 0 bridgehead atoms. The molecular weight excluding hydrogens is 310 g/mol. The highest BCUT2D eigenvalue weighted by Gasteiger charge is 2.15. The van der Waals surface area contributed by atoms with E-state index in [4.69, 9.17) is 17.3 Å². The summed E-state index contributed by atoms with van der Waals surface area (Å²) in [4.78, 5) is 12.1. The van der Waals surface area contributed by atoms with E-state index in [-0.39, 0.29) is 5.78 Å². The molecule has 0 aliphatic carbocycles. The summed E-state index contributed by atoms with van der Waals surface area (Å²) in [5.74, 6) is -0.0951. The molecule has 5 heteroatoms. The SMILES string of the molecule is Nc1cc(Cl)ccc1C(=O)c1cscc1Br. The standard InChI is InChI=1S/C11H7BrClNOS/c12-9-5-16-4-8(9)11(15)7-2-1-6(13)3-10(7)14/h1-5H,14H2. The van der Waals surface area contributed by atoms with E-state index in [1.165, 1.54) is 11.3 Å². The largest absolute Gasteiger partial charge is 0.398 e. The Morgan fingerprint density at radius 2 is 2.06 bits per heavy atom. The van der Waals surface area contributed by atoms with Crippen LogP contribution in [0.25, 0.3) is 0 Å². The van der Waals surface area contributed by atoms with Gasteiger partial charge in [-0.3, -0.25) is 4.79 Å². The first-order chi connectivity index (χ1) is 7.59. The summed E-state index contributed by atoms with van der Waals surface area (Å²) in [5.41, 5.74) is 7.26. The Morgan fingerprint density at radius 3 is 2.62 bits per heavy atom. The first-order valence-corrected chi connectivity index (χ1v) is 6.52. The van der Waals surface area contributed by atoms with Gasteiger partial charge in [-0.15, -0.1) is 0 Å². The van der Waals surface area contributed by atoms with E-state index in [2.05, 4.69) is 15.9 Å². The van der Waals surface area contributed by atoms with Crippen molar-refractivity contribution in [2.24, 2.45) is 0 Å². The summed E-state index contributed by atoms with van der Waals surface area (Å²) in [6, 6.07) is 4.88. The molecule has 2 nitrogen and oxygen atoms in total. The Balaban J connectivity index is 2.46. The van der Waals surface area contributed by atoms with Gasteiger partial charge in [-0.25, -0.2) is 0 Å². The second-order valence-electron chi connectivity index (χ2n) is 3.19. The number of hydrogen-bond acceptors (Lipinski definition) is 3. The van der Waals surface area contributed by atoms with Crippen molar-refractivity contribution in [1.29, 1.82) is 0 Å². The molecule has 0 unspecified atom stereocenters. The molecule has 1 aromatic heterocycles. The number of carbonyl (C=O) groups excluding carboxylic acids is 1. The number of halogens is 2. The lowest BCUT2D eigenvalue weighted by Crippen LogP contribution is -2.04. The Bertz CT molecular complexity index is 553. The third kappa shape index (κ3) is 2.14. The van der Waals surface area contributed by atoms with Gasteiger partial charge < -0.3 is 5.73 Å². The molecule has 0 spiro atoms. The van der Waals surface area contributed by atoms with Crippen molar-refractivity contribution in [3.05, 3.63) is 49.6 Å². The van der Waals surface area contributed by atoms with Crippen LogP contribution in [0.2, 0.25) is 5.02 Å². The maximum absolute atomic E-state index is 12.1. The van der Waals surface area contributed by atoms with Crippen LogP contribution in [-0.4, -0.2) is 5.78 Å². The number of thiophene rings is 1. The maximum Gasteiger partial charge on any atom is 0.197 e. The molecule has 0 aliphatic rings. The van der Waals surface area contributed by atoms with Crippen LogP contribution in [0.4, 0.5) is 5.69 Å². The van der Waals surface area contributed by atoms with E-state index < -0.39 is 0 Å². The fourth-order valence-corrected chi connectivity index (χ4v) is 2.96. The molecule has 2 N–H and O–H groups in total. The van der Waals surface area contributed by atoms with Crippen LogP contribution >= 0.6 is 38.9 Å². The van der Waals surface area contributed by atoms with Gasteiger partial charge in [-0.05, 0) is 34.1 Å². The van der Waals surface area contributed by atoms with E-state index in [1.807, 2.05) is 5.38 Å². The highest BCUT2D eigenvalue weighted by molar-refractivity contribution is 9.10. The van der Waals surface area contributed by atoms with Gasteiger partial charge in [0.05, 0.1) is 0 Å². The zero-order valence-electron chi connectivity index (χ0n) is 8.04. The first kappa shape index (κ1) is 11.6. The lowest BCUT2D eigenvalue weighted by molar-refractivity contribution is 0.103. The highest BCUT2D eigenvalue weighted by atomic mass is 79.9. The van der Waals surface area contributed by atoms with Crippen molar-refractivity contribution in [3.63, 3.8) is 0 Å². The third-order valence-electron chi connectivity index (χ3n) is 2.12. The maximum atomic E-state index is 12.1. The summed E-state index contributed by atoms with van der Waals surface area (Å²) in [6.45, 7) is 0. The zero-order valence-corrected chi connectivity index (χ0v) is 11.2. The second kappa shape index (κ2) is 4.57. The predicted octanol–water partition coefficient (Wildman–Crippen LogP) is 3.98. The first-order valence-electron chi connectivity index (χ1n) is 4.41. The number of anilines is 1. The fraction of sp³-hybridized carbons (Fsp3) is 0. The van der Waals surface area contributed by atoms with Gasteiger partial charge in [0, 0.05) is 37.1 Å². The van der Waals surface area contributed by atoms with E-state index in [1.54, 1.807) is 23.6 Å². The van der Waals surface area contributed by atoms with Crippen molar-refractivity contribution in [2.75, 3.05) is 5.73 Å². The van der Waals surface area contributed by atoms with Crippen LogP contribution in [0.15, 0.2) is 33.4 Å². The molecule has 0 amide bonds. The van der Waals surface area contributed by atoms with Gasteiger partial charge in [-0.1, -0.05) is 11.6 Å². The molecule has 0 saturated heterocycles. The average Bonchev–Trinajstić information content (AvgIpc) is 2.63. The van der Waals surface area contributed by atoms with Crippen LogP contribution in [0.3, 0.4) is 0 Å². The minimum Gasteiger partial charge on any atom is -0.398 e. The molecule has 0 aliphatic heterocycles. The summed E-state index contributed by atoms with van der Waals surface area (Å²) >= 11 is 10.6. The molecule has 82 valence electrons. The van der Waals surface area contributed by atoms with Gasteiger partial charge in [0.1, 0.15) is 0 Å². The third-order valence-corrected chi connectivity index (χ3v) is 4.06. The van der Waals surface area contributed by atoms with E-state index in [9.17, 15) is 4.79 Å². The van der Waals surface area contributed by atoms with Crippen LogP contribution in [-0.2, 0) is 0 Å². The number of nitrogen functional groups attached to an aromatic ring is 1. The predicted molar refractivity (Wildman–Crippen MR) is 71.3 cm³/mol. The molecule has 1 heterocycles. The Kier molecular flexibility index (Phi) is 3.33. The van der Waals surface area contributed by atoms with Crippen molar-refractivity contribution < 1.29 is 4.79 Å². The smallest absolute Gasteiger partial charge is 0.197 e. The monoisotopic (exact) mass is 315 g/mol. The van der Waals surface area contributed by atoms with Crippen LogP contribution < -0.4 is 5.73 Å². The van der Waals surface area contributed by atoms with Gasteiger partial charge >= 0.3 is 0 Å². The molecule has 2 rings (SSSR count). The van der Waals surface area contributed by atoms with Crippen LogP contribution in [0.5, 0.6) is 0 Å². The van der Waals surface area contributed by atoms with Gasteiger partial charge in [-0.2, -0.15) is 11.3 Å². The molecule has 2 aromatic rings. The molecule has 16 heavy (non-hydrogen) atoms. The molecule has 0 saturated carbocycles. The van der Waals surface area contributed by atoms with Gasteiger partial charge in [0.25, 0.3) is 0 Å². The fourth-order valence-electron chi connectivity index (χ4n) is 1.33. The van der Waals surface area contributed by atoms with Crippen LogP contribution in [0, 0.1) is 0 Å². The van der Waals surface area contributed by atoms with Crippen molar-refractivity contribution in [3.8, 4) is 0 Å².